The lowest BCUT2D eigenvalue weighted by Gasteiger charge is -2.10. The Hall–Kier alpha value is -2.54. The van der Waals surface area contributed by atoms with Gasteiger partial charge in [0.1, 0.15) is 0 Å². The molecular formula is C16H13ClF3N3O. The molecule has 0 atom stereocenters. The van der Waals surface area contributed by atoms with Crippen LogP contribution < -0.4 is 10.7 Å². The van der Waals surface area contributed by atoms with Crippen LogP contribution in [0, 0.1) is 0 Å². The molecule has 4 nitrogen and oxygen atoms in total. The fourth-order valence-electron chi connectivity index (χ4n) is 1.79. The zero-order chi connectivity index (χ0) is 17.6. The predicted octanol–water partition coefficient (Wildman–Crippen LogP) is 3.92. The van der Waals surface area contributed by atoms with Crippen molar-refractivity contribution < 1.29 is 18.0 Å². The molecule has 0 spiro atoms. The summed E-state index contributed by atoms with van der Waals surface area (Å²) in [5, 5.41) is 6.89. The third-order valence-corrected chi connectivity index (χ3v) is 3.13. The van der Waals surface area contributed by atoms with Crippen LogP contribution in [0.25, 0.3) is 0 Å². The number of alkyl halides is 3. The minimum Gasteiger partial charge on any atom is -0.376 e. The van der Waals surface area contributed by atoms with Crippen molar-refractivity contribution in [3.63, 3.8) is 0 Å². The molecule has 0 saturated heterocycles. The second-order valence-corrected chi connectivity index (χ2v) is 5.22. The lowest BCUT2D eigenvalue weighted by Crippen LogP contribution is -2.26. The number of carbonyl (C=O) groups is 1. The number of nitrogens with one attached hydrogen (secondary N) is 2. The van der Waals surface area contributed by atoms with Crippen LogP contribution in [0.4, 0.5) is 18.9 Å². The molecule has 1 amide bonds. The van der Waals surface area contributed by atoms with Crippen molar-refractivity contribution in [2.24, 2.45) is 5.10 Å². The number of hydrogen-bond donors (Lipinski definition) is 2. The molecule has 24 heavy (non-hydrogen) atoms. The highest BCUT2D eigenvalue weighted by atomic mass is 35.5. The van der Waals surface area contributed by atoms with Gasteiger partial charge < -0.3 is 5.32 Å². The van der Waals surface area contributed by atoms with Gasteiger partial charge in [0.05, 0.1) is 18.3 Å². The van der Waals surface area contributed by atoms with Gasteiger partial charge in [0, 0.05) is 10.7 Å². The molecule has 0 fully saturated rings. The van der Waals surface area contributed by atoms with E-state index in [1.807, 2.05) is 0 Å². The van der Waals surface area contributed by atoms with Crippen LogP contribution in [-0.4, -0.2) is 18.7 Å². The largest absolute Gasteiger partial charge is 0.416 e. The van der Waals surface area contributed by atoms with Gasteiger partial charge >= 0.3 is 6.18 Å². The summed E-state index contributed by atoms with van der Waals surface area (Å²) in [6.45, 7) is -0.214. The van der Waals surface area contributed by atoms with E-state index in [-0.39, 0.29) is 12.2 Å². The van der Waals surface area contributed by atoms with Crippen LogP contribution in [0.1, 0.15) is 11.1 Å². The van der Waals surface area contributed by atoms with Gasteiger partial charge in [-0.2, -0.15) is 18.3 Å². The maximum atomic E-state index is 12.6. The number of benzene rings is 2. The molecular weight excluding hydrogens is 343 g/mol. The first kappa shape index (κ1) is 17.8. The Morgan fingerprint density at radius 3 is 2.62 bits per heavy atom. The van der Waals surface area contributed by atoms with E-state index >= 15 is 0 Å². The van der Waals surface area contributed by atoms with Crippen LogP contribution in [0.3, 0.4) is 0 Å². The zero-order valence-corrected chi connectivity index (χ0v) is 13.0. The molecule has 0 unspecified atom stereocenters. The van der Waals surface area contributed by atoms with Gasteiger partial charge in [-0.1, -0.05) is 29.8 Å². The van der Waals surface area contributed by atoms with E-state index in [0.29, 0.717) is 10.6 Å². The molecule has 2 rings (SSSR count). The zero-order valence-electron chi connectivity index (χ0n) is 12.3. The van der Waals surface area contributed by atoms with E-state index in [9.17, 15) is 18.0 Å². The maximum absolute atomic E-state index is 12.6. The van der Waals surface area contributed by atoms with Crippen LogP contribution in [0.15, 0.2) is 53.6 Å². The topological polar surface area (TPSA) is 53.5 Å². The van der Waals surface area contributed by atoms with Crippen molar-refractivity contribution in [2.75, 3.05) is 11.9 Å². The van der Waals surface area contributed by atoms with Crippen molar-refractivity contribution in [1.29, 1.82) is 0 Å². The van der Waals surface area contributed by atoms with Gasteiger partial charge in [0.25, 0.3) is 5.91 Å². The van der Waals surface area contributed by atoms with Crippen LogP contribution in [0.5, 0.6) is 0 Å². The van der Waals surface area contributed by atoms with Crippen LogP contribution in [0.2, 0.25) is 5.02 Å². The number of amides is 1. The van der Waals surface area contributed by atoms with E-state index in [0.717, 1.165) is 12.1 Å². The van der Waals surface area contributed by atoms with Gasteiger partial charge in [0.15, 0.2) is 0 Å². The second kappa shape index (κ2) is 7.83. The lowest BCUT2D eigenvalue weighted by atomic mass is 10.2. The Morgan fingerprint density at radius 2 is 1.92 bits per heavy atom. The highest BCUT2D eigenvalue weighted by Crippen LogP contribution is 2.30. The third-order valence-electron chi connectivity index (χ3n) is 2.89. The van der Waals surface area contributed by atoms with Gasteiger partial charge in [-0.05, 0) is 35.9 Å². The summed E-state index contributed by atoms with van der Waals surface area (Å²) < 4.78 is 37.8. The van der Waals surface area contributed by atoms with E-state index in [4.69, 9.17) is 11.6 Å². The Labute approximate surface area is 141 Å². The number of anilines is 1. The summed E-state index contributed by atoms with van der Waals surface area (Å²) >= 11 is 5.81. The van der Waals surface area contributed by atoms with Crippen molar-refractivity contribution >= 4 is 29.4 Å². The summed E-state index contributed by atoms with van der Waals surface area (Å²) in [6, 6.07) is 11.5. The van der Waals surface area contributed by atoms with Gasteiger partial charge in [0.2, 0.25) is 0 Å². The summed E-state index contributed by atoms with van der Waals surface area (Å²) in [5.41, 5.74) is 2.38. The fourth-order valence-corrected chi connectivity index (χ4v) is 1.99. The monoisotopic (exact) mass is 355 g/mol. The molecule has 126 valence electrons. The number of rotatable bonds is 5. The molecule has 0 bridgehead atoms. The minimum absolute atomic E-state index is 0.193. The number of halogens is 4. The van der Waals surface area contributed by atoms with Crippen LogP contribution >= 0.6 is 11.6 Å². The standard InChI is InChI=1S/C16H13ClF3N3O/c17-13-5-1-3-11(7-13)9-22-23-15(24)10-21-14-6-2-4-12(8-14)16(18,19)20/h1-9,21H,10H2,(H,23,24)/b22-9+. The van der Waals surface area contributed by atoms with Crippen LogP contribution in [-0.2, 0) is 11.0 Å². The van der Waals surface area contributed by atoms with E-state index < -0.39 is 17.6 Å². The average molecular weight is 356 g/mol. The lowest BCUT2D eigenvalue weighted by molar-refractivity contribution is -0.137. The fraction of sp³-hybridized carbons (Fsp3) is 0.125. The van der Waals surface area contributed by atoms with E-state index in [2.05, 4.69) is 15.8 Å². The molecule has 0 heterocycles. The first-order valence-corrected chi connectivity index (χ1v) is 7.21. The first-order valence-electron chi connectivity index (χ1n) is 6.83. The molecule has 0 aliphatic rings. The van der Waals surface area contributed by atoms with Gasteiger partial charge in [-0.3, -0.25) is 4.79 Å². The highest BCUT2D eigenvalue weighted by Gasteiger charge is 2.30. The molecule has 2 aromatic rings. The molecule has 0 aromatic heterocycles. The number of carbonyl (C=O) groups excluding carboxylic acids is 1. The number of hydrazone groups is 1. The molecule has 0 aliphatic heterocycles. The normalized spacial score (nSPS) is 11.5. The molecule has 2 N–H and O–H groups in total. The maximum Gasteiger partial charge on any atom is 0.416 e. The highest BCUT2D eigenvalue weighted by molar-refractivity contribution is 6.30. The molecule has 0 saturated carbocycles. The number of nitrogens with zero attached hydrogens (tertiary/aromatic N) is 1. The van der Waals surface area contributed by atoms with Crippen molar-refractivity contribution in [3.05, 3.63) is 64.7 Å². The Balaban J connectivity index is 1.85. The summed E-state index contributed by atoms with van der Waals surface area (Å²) in [7, 11) is 0. The smallest absolute Gasteiger partial charge is 0.376 e. The van der Waals surface area contributed by atoms with Gasteiger partial charge in [-0.25, -0.2) is 5.43 Å². The van der Waals surface area contributed by atoms with E-state index in [1.54, 1.807) is 24.3 Å². The van der Waals surface area contributed by atoms with Crippen molar-refractivity contribution in [2.45, 2.75) is 6.18 Å². The van der Waals surface area contributed by atoms with Crippen molar-refractivity contribution in [3.8, 4) is 0 Å². The second-order valence-electron chi connectivity index (χ2n) is 4.78. The Kier molecular flexibility index (Phi) is 5.81. The molecule has 0 radical (unpaired) electrons. The molecule has 2 aromatic carbocycles. The first-order chi connectivity index (χ1) is 11.3. The third kappa shape index (κ3) is 5.58. The van der Waals surface area contributed by atoms with E-state index in [1.165, 1.54) is 18.3 Å². The predicted molar refractivity (Wildman–Crippen MR) is 87.1 cm³/mol. The molecule has 8 heteroatoms. The quantitative estimate of drug-likeness (QED) is 0.631. The average Bonchev–Trinajstić information content (AvgIpc) is 2.52. The minimum atomic E-state index is -4.43. The number of hydrogen-bond acceptors (Lipinski definition) is 3. The van der Waals surface area contributed by atoms with Gasteiger partial charge in [-0.15, -0.1) is 0 Å². The SMILES string of the molecule is O=C(CNc1cccc(C(F)(F)F)c1)N/N=C/c1cccc(Cl)c1. The summed E-state index contributed by atoms with van der Waals surface area (Å²) in [6.07, 6.45) is -3.02. The Bertz CT molecular complexity index is 747. The summed E-state index contributed by atoms with van der Waals surface area (Å²) in [4.78, 5) is 11.6. The van der Waals surface area contributed by atoms with Crippen molar-refractivity contribution in [1.82, 2.24) is 5.43 Å². The summed E-state index contributed by atoms with van der Waals surface area (Å²) in [5.74, 6) is -0.495. The Morgan fingerprint density at radius 1 is 1.17 bits per heavy atom. The molecule has 0 aliphatic carbocycles.